The lowest BCUT2D eigenvalue weighted by atomic mass is 10.1. The third kappa shape index (κ3) is 4.96. The standard InChI is InChI=1S/C21H18N4O5/c1-13-6-7-16(10-14(13)2)23-20(26)21(27)24-22-12-18-8-9-19(30-18)15-4-3-5-17(11-15)25(28)29/h3-12H,1-2H3,(H,23,26)(H,24,27)/b22-12+. The number of carbonyl (C=O) groups excluding carboxylic acids is 2. The summed E-state index contributed by atoms with van der Waals surface area (Å²) in [5, 5.41) is 17.1. The molecule has 3 rings (SSSR count). The summed E-state index contributed by atoms with van der Waals surface area (Å²) >= 11 is 0. The highest BCUT2D eigenvalue weighted by atomic mass is 16.6. The Bertz CT molecular complexity index is 1150. The van der Waals surface area contributed by atoms with Gasteiger partial charge in [0.15, 0.2) is 0 Å². The molecule has 0 atom stereocenters. The summed E-state index contributed by atoms with van der Waals surface area (Å²) in [6, 6.07) is 14.5. The van der Waals surface area contributed by atoms with Gasteiger partial charge in [0.2, 0.25) is 0 Å². The molecule has 0 saturated heterocycles. The molecular formula is C21H18N4O5. The zero-order valence-corrected chi connectivity index (χ0v) is 16.2. The van der Waals surface area contributed by atoms with Crippen LogP contribution in [0.2, 0.25) is 0 Å². The van der Waals surface area contributed by atoms with Gasteiger partial charge in [-0.25, -0.2) is 5.43 Å². The molecular weight excluding hydrogens is 388 g/mol. The monoisotopic (exact) mass is 406 g/mol. The van der Waals surface area contributed by atoms with Crippen molar-refractivity contribution in [2.24, 2.45) is 5.10 Å². The van der Waals surface area contributed by atoms with Gasteiger partial charge in [-0.2, -0.15) is 5.10 Å². The number of nitro groups is 1. The molecule has 0 aliphatic heterocycles. The molecule has 0 radical (unpaired) electrons. The van der Waals surface area contributed by atoms with Gasteiger partial charge in [-0.15, -0.1) is 0 Å². The number of hydrogen-bond acceptors (Lipinski definition) is 6. The highest BCUT2D eigenvalue weighted by Crippen LogP contribution is 2.25. The molecule has 0 bridgehead atoms. The first-order valence-corrected chi connectivity index (χ1v) is 8.90. The van der Waals surface area contributed by atoms with Crippen LogP contribution in [-0.2, 0) is 9.59 Å². The van der Waals surface area contributed by atoms with E-state index >= 15 is 0 Å². The number of carbonyl (C=O) groups is 2. The molecule has 1 heterocycles. The van der Waals surface area contributed by atoms with Crippen molar-refractivity contribution in [2.75, 3.05) is 5.32 Å². The van der Waals surface area contributed by atoms with E-state index in [0.29, 0.717) is 22.8 Å². The molecule has 9 heteroatoms. The summed E-state index contributed by atoms with van der Waals surface area (Å²) < 4.78 is 5.54. The minimum atomic E-state index is -0.935. The van der Waals surface area contributed by atoms with Crippen molar-refractivity contribution in [2.45, 2.75) is 13.8 Å². The average molecular weight is 406 g/mol. The van der Waals surface area contributed by atoms with Crippen LogP contribution in [0, 0.1) is 24.0 Å². The number of nitrogens with one attached hydrogen (secondary N) is 2. The van der Waals surface area contributed by atoms with E-state index in [1.807, 2.05) is 19.9 Å². The second-order valence-electron chi connectivity index (χ2n) is 6.46. The van der Waals surface area contributed by atoms with E-state index in [9.17, 15) is 19.7 Å². The number of anilines is 1. The number of furan rings is 1. The second-order valence-corrected chi connectivity index (χ2v) is 6.46. The van der Waals surface area contributed by atoms with Crippen LogP contribution in [0.25, 0.3) is 11.3 Å². The summed E-state index contributed by atoms with van der Waals surface area (Å²) in [6.45, 7) is 3.85. The van der Waals surface area contributed by atoms with Crippen molar-refractivity contribution >= 4 is 29.4 Å². The quantitative estimate of drug-likeness (QED) is 0.290. The fourth-order valence-corrected chi connectivity index (χ4v) is 2.56. The Kier molecular flexibility index (Phi) is 6.02. The maximum absolute atomic E-state index is 12.0. The number of amides is 2. The van der Waals surface area contributed by atoms with Crippen molar-refractivity contribution in [1.29, 1.82) is 0 Å². The van der Waals surface area contributed by atoms with Crippen molar-refractivity contribution in [1.82, 2.24) is 5.43 Å². The highest BCUT2D eigenvalue weighted by Gasteiger charge is 2.13. The lowest BCUT2D eigenvalue weighted by Crippen LogP contribution is -2.32. The van der Waals surface area contributed by atoms with Gasteiger partial charge in [0.25, 0.3) is 5.69 Å². The van der Waals surface area contributed by atoms with E-state index in [0.717, 1.165) is 11.1 Å². The largest absolute Gasteiger partial charge is 0.455 e. The van der Waals surface area contributed by atoms with Gasteiger partial charge >= 0.3 is 11.8 Å². The van der Waals surface area contributed by atoms with Crippen LogP contribution in [0.4, 0.5) is 11.4 Å². The zero-order valence-electron chi connectivity index (χ0n) is 16.2. The summed E-state index contributed by atoms with van der Waals surface area (Å²) in [5.41, 5.74) is 5.17. The fourth-order valence-electron chi connectivity index (χ4n) is 2.56. The Hall–Kier alpha value is -4.27. The van der Waals surface area contributed by atoms with Gasteiger partial charge in [0, 0.05) is 23.4 Å². The lowest BCUT2D eigenvalue weighted by molar-refractivity contribution is -0.384. The van der Waals surface area contributed by atoms with Crippen LogP contribution in [0.5, 0.6) is 0 Å². The second kappa shape index (κ2) is 8.82. The Labute approximate surface area is 171 Å². The lowest BCUT2D eigenvalue weighted by Gasteiger charge is -2.06. The minimum absolute atomic E-state index is 0.0545. The van der Waals surface area contributed by atoms with Crippen LogP contribution in [0.3, 0.4) is 0 Å². The molecule has 0 saturated carbocycles. The molecule has 3 aromatic rings. The smallest absolute Gasteiger partial charge is 0.329 e. The van der Waals surface area contributed by atoms with E-state index < -0.39 is 16.7 Å². The maximum atomic E-state index is 12.0. The summed E-state index contributed by atoms with van der Waals surface area (Å²) in [7, 11) is 0. The zero-order chi connectivity index (χ0) is 21.7. The van der Waals surface area contributed by atoms with E-state index in [4.69, 9.17) is 4.42 Å². The van der Waals surface area contributed by atoms with Crippen LogP contribution < -0.4 is 10.7 Å². The Morgan fingerprint density at radius 3 is 2.57 bits per heavy atom. The molecule has 2 N–H and O–H groups in total. The number of non-ortho nitro benzene ring substituents is 1. The molecule has 0 aliphatic carbocycles. The third-order valence-corrected chi connectivity index (χ3v) is 4.30. The number of hydrazone groups is 1. The van der Waals surface area contributed by atoms with Crippen molar-refractivity contribution in [3.8, 4) is 11.3 Å². The van der Waals surface area contributed by atoms with Gasteiger partial charge in [0.1, 0.15) is 11.5 Å². The highest BCUT2D eigenvalue weighted by molar-refractivity contribution is 6.39. The number of rotatable bonds is 5. The number of nitrogens with zero attached hydrogens (tertiary/aromatic N) is 2. The van der Waals surface area contributed by atoms with Crippen LogP contribution >= 0.6 is 0 Å². The van der Waals surface area contributed by atoms with E-state index in [2.05, 4.69) is 15.8 Å². The molecule has 1 aromatic heterocycles. The molecule has 0 unspecified atom stereocenters. The molecule has 2 aromatic carbocycles. The van der Waals surface area contributed by atoms with Gasteiger partial charge in [-0.05, 0) is 49.2 Å². The number of benzene rings is 2. The van der Waals surface area contributed by atoms with Crippen LogP contribution in [-0.4, -0.2) is 23.0 Å². The SMILES string of the molecule is Cc1ccc(NC(=O)C(=O)N/N=C/c2ccc(-c3cccc([N+](=O)[O-])c3)o2)cc1C. The molecule has 0 aliphatic rings. The van der Waals surface area contributed by atoms with Crippen molar-refractivity contribution in [3.05, 3.63) is 81.6 Å². The molecule has 2 amide bonds. The third-order valence-electron chi connectivity index (χ3n) is 4.30. The first-order valence-electron chi connectivity index (χ1n) is 8.90. The van der Waals surface area contributed by atoms with Crippen LogP contribution in [0.15, 0.2) is 64.1 Å². The summed E-state index contributed by atoms with van der Waals surface area (Å²) in [5.74, 6) is -1.09. The fraction of sp³-hybridized carbons (Fsp3) is 0.0952. The summed E-state index contributed by atoms with van der Waals surface area (Å²) in [6.07, 6.45) is 1.22. The first-order chi connectivity index (χ1) is 14.3. The molecule has 152 valence electrons. The van der Waals surface area contributed by atoms with Crippen LogP contribution in [0.1, 0.15) is 16.9 Å². The Morgan fingerprint density at radius 2 is 1.83 bits per heavy atom. The molecule has 0 spiro atoms. The molecule has 30 heavy (non-hydrogen) atoms. The van der Waals surface area contributed by atoms with Crippen molar-refractivity contribution < 1.29 is 18.9 Å². The predicted molar refractivity (Wildman–Crippen MR) is 111 cm³/mol. The first kappa shape index (κ1) is 20.5. The van der Waals surface area contributed by atoms with Crippen molar-refractivity contribution in [3.63, 3.8) is 0 Å². The Morgan fingerprint density at radius 1 is 1.03 bits per heavy atom. The van der Waals surface area contributed by atoms with E-state index in [1.54, 1.807) is 36.4 Å². The average Bonchev–Trinajstić information content (AvgIpc) is 3.19. The topological polar surface area (TPSA) is 127 Å². The number of nitro benzene ring substituents is 1. The predicted octanol–water partition coefficient (Wildman–Crippen LogP) is 3.56. The van der Waals surface area contributed by atoms with Gasteiger partial charge in [0.05, 0.1) is 11.1 Å². The maximum Gasteiger partial charge on any atom is 0.329 e. The van der Waals surface area contributed by atoms with E-state index in [-0.39, 0.29) is 5.69 Å². The minimum Gasteiger partial charge on any atom is -0.455 e. The molecule has 9 nitrogen and oxygen atoms in total. The van der Waals surface area contributed by atoms with Gasteiger partial charge in [-0.3, -0.25) is 19.7 Å². The van der Waals surface area contributed by atoms with Gasteiger partial charge < -0.3 is 9.73 Å². The molecule has 0 fully saturated rings. The van der Waals surface area contributed by atoms with Gasteiger partial charge in [-0.1, -0.05) is 18.2 Å². The van der Waals surface area contributed by atoms with E-state index in [1.165, 1.54) is 18.3 Å². The normalized spacial score (nSPS) is 10.7. The number of aryl methyl sites for hydroxylation is 2. The Balaban J connectivity index is 1.59. The number of hydrogen-bond donors (Lipinski definition) is 2. The summed E-state index contributed by atoms with van der Waals surface area (Å²) in [4.78, 5) is 34.2.